The summed E-state index contributed by atoms with van der Waals surface area (Å²) in [7, 11) is 0. The molecular weight excluding hydrogens is 615 g/mol. The zero-order valence-corrected chi connectivity index (χ0v) is 27.8. The quantitative estimate of drug-likeness (QED) is 0.188. The molecule has 0 saturated heterocycles. The molecule has 0 unspecified atom stereocenters. The minimum Gasteiger partial charge on any atom is -0.277 e. The van der Waals surface area contributed by atoms with E-state index < -0.39 is 0 Å². The maximum atomic E-state index is 5.52. The minimum atomic E-state index is -0.102. The largest absolute Gasteiger partial charge is 0.277 e. The summed E-state index contributed by atoms with van der Waals surface area (Å²) in [6, 6.07) is 50.7. The Balaban J connectivity index is 1.25. The van der Waals surface area contributed by atoms with Gasteiger partial charge in [0.15, 0.2) is 0 Å². The molecule has 4 heteroatoms. The molecule has 0 aliphatic heterocycles. The topological polar surface area (TPSA) is 30.7 Å². The van der Waals surface area contributed by atoms with Gasteiger partial charge in [-0.2, -0.15) is 0 Å². The van der Waals surface area contributed by atoms with Crippen LogP contribution in [0.15, 0.2) is 140 Å². The predicted octanol–water partition coefficient (Wildman–Crippen LogP) is 12.2. The molecule has 0 bridgehead atoms. The van der Waals surface area contributed by atoms with Gasteiger partial charge in [0, 0.05) is 52.7 Å². The van der Waals surface area contributed by atoms with Crippen LogP contribution >= 0.6 is 11.3 Å². The SMILES string of the molecule is CC1(C)c2ccccc2-c2ccc(-c3nc(-n4c5ccccc5c5ccc6ccc7c8ccccc8sc7c6c54)nc4ccccc34)cc21. The Morgan fingerprint density at radius 1 is 0.571 bits per heavy atom. The van der Waals surface area contributed by atoms with Crippen LogP contribution in [0.3, 0.4) is 0 Å². The van der Waals surface area contributed by atoms with Gasteiger partial charge >= 0.3 is 0 Å². The van der Waals surface area contributed by atoms with Crippen molar-refractivity contribution in [1.82, 2.24) is 14.5 Å². The first-order valence-electron chi connectivity index (χ1n) is 16.8. The highest BCUT2D eigenvalue weighted by Gasteiger charge is 2.35. The maximum absolute atomic E-state index is 5.52. The summed E-state index contributed by atoms with van der Waals surface area (Å²) >= 11 is 1.87. The summed E-state index contributed by atoms with van der Waals surface area (Å²) in [6.45, 7) is 4.67. The molecule has 49 heavy (non-hydrogen) atoms. The standard InChI is InChI=1S/C45H29N3S/c1-45(2)35-15-7-3-11-28(35)29-22-21-27(25-36(29)45)41-34-14-4-8-16-37(34)46-44(47-41)48-38-17-9-5-12-30(38)32-23-19-26-20-24-33-31-13-6-10-18-39(31)49-43(33)40(26)42(32)48/h3-25H,1-2H3. The van der Waals surface area contributed by atoms with Crippen molar-refractivity contribution in [3.05, 3.63) is 151 Å². The van der Waals surface area contributed by atoms with E-state index in [0.29, 0.717) is 5.95 Å². The second-order valence-electron chi connectivity index (χ2n) is 13.8. The summed E-state index contributed by atoms with van der Waals surface area (Å²) < 4.78 is 4.92. The summed E-state index contributed by atoms with van der Waals surface area (Å²) in [4.78, 5) is 10.8. The van der Waals surface area contributed by atoms with Crippen LogP contribution in [0.25, 0.3) is 92.0 Å². The third kappa shape index (κ3) is 3.61. The lowest BCUT2D eigenvalue weighted by Crippen LogP contribution is -2.15. The van der Waals surface area contributed by atoms with Gasteiger partial charge in [0.2, 0.25) is 5.95 Å². The molecule has 3 nitrogen and oxygen atoms in total. The van der Waals surface area contributed by atoms with Crippen molar-refractivity contribution in [2.45, 2.75) is 19.3 Å². The van der Waals surface area contributed by atoms with Crippen LogP contribution in [-0.2, 0) is 5.41 Å². The fourth-order valence-electron chi connectivity index (χ4n) is 8.48. The Labute approximate surface area is 286 Å². The number of rotatable bonds is 2. The highest BCUT2D eigenvalue weighted by Crippen LogP contribution is 2.50. The van der Waals surface area contributed by atoms with Gasteiger partial charge in [0.25, 0.3) is 0 Å². The number of para-hydroxylation sites is 2. The van der Waals surface area contributed by atoms with Crippen LogP contribution in [0.2, 0.25) is 0 Å². The van der Waals surface area contributed by atoms with Crippen LogP contribution in [0.1, 0.15) is 25.0 Å². The molecular formula is C45H29N3S. The molecule has 0 amide bonds. The molecule has 0 fully saturated rings. The van der Waals surface area contributed by atoms with Crippen molar-refractivity contribution in [1.29, 1.82) is 0 Å². The molecule has 3 aromatic heterocycles. The Hall–Kier alpha value is -5.84. The lowest BCUT2D eigenvalue weighted by atomic mass is 9.82. The fraction of sp³-hybridized carbons (Fsp3) is 0.0667. The molecule has 0 spiro atoms. The lowest BCUT2D eigenvalue weighted by Gasteiger charge is -2.22. The summed E-state index contributed by atoms with van der Waals surface area (Å²) in [5.74, 6) is 0.688. The Morgan fingerprint density at radius 3 is 2.18 bits per heavy atom. The number of benzene rings is 7. The van der Waals surface area contributed by atoms with E-state index in [2.05, 4.69) is 158 Å². The molecule has 3 heterocycles. The number of nitrogens with zero attached hydrogens (tertiary/aromatic N) is 3. The lowest BCUT2D eigenvalue weighted by molar-refractivity contribution is 0.660. The second-order valence-corrected chi connectivity index (χ2v) is 14.8. The maximum Gasteiger partial charge on any atom is 0.235 e. The van der Waals surface area contributed by atoms with E-state index in [1.54, 1.807) is 0 Å². The molecule has 1 aliphatic rings. The van der Waals surface area contributed by atoms with Crippen LogP contribution < -0.4 is 0 Å². The van der Waals surface area contributed by atoms with Crippen LogP contribution in [0, 0.1) is 0 Å². The van der Waals surface area contributed by atoms with Crippen molar-refractivity contribution in [2.75, 3.05) is 0 Å². The average molecular weight is 644 g/mol. The van der Waals surface area contributed by atoms with Gasteiger partial charge in [-0.3, -0.25) is 4.57 Å². The molecule has 0 radical (unpaired) electrons. The van der Waals surface area contributed by atoms with Gasteiger partial charge in [-0.1, -0.05) is 129 Å². The molecule has 1 aliphatic carbocycles. The molecule has 0 atom stereocenters. The monoisotopic (exact) mass is 643 g/mol. The van der Waals surface area contributed by atoms with Gasteiger partial charge in [0.1, 0.15) is 0 Å². The minimum absolute atomic E-state index is 0.102. The molecule has 7 aromatic carbocycles. The van der Waals surface area contributed by atoms with E-state index in [1.165, 1.54) is 64.0 Å². The zero-order chi connectivity index (χ0) is 32.4. The van der Waals surface area contributed by atoms with Crippen LogP contribution in [0.5, 0.6) is 0 Å². The predicted molar refractivity (Wildman–Crippen MR) is 207 cm³/mol. The second kappa shape index (κ2) is 9.62. The fourth-order valence-corrected chi connectivity index (χ4v) is 9.74. The number of thiophene rings is 1. The van der Waals surface area contributed by atoms with Crippen molar-refractivity contribution in [3.8, 4) is 28.3 Å². The number of fused-ring (bicyclic) bond motifs is 13. The smallest absolute Gasteiger partial charge is 0.235 e. The normalized spacial score (nSPS) is 13.7. The number of hydrogen-bond acceptors (Lipinski definition) is 3. The Kier molecular flexibility index (Phi) is 5.33. The van der Waals surface area contributed by atoms with Gasteiger partial charge in [-0.15, -0.1) is 11.3 Å². The molecule has 10 aromatic rings. The zero-order valence-electron chi connectivity index (χ0n) is 27.0. The summed E-state index contributed by atoms with van der Waals surface area (Å²) in [5, 5.41) is 8.53. The number of hydrogen-bond donors (Lipinski definition) is 0. The van der Waals surface area contributed by atoms with Gasteiger partial charge in [-0.25, -0.2) is 9.97 Å². The first kappa shape index (κ1) is 27.1. The summed E-state index contributed by atoms with van der Waals surface area (Å²) in [6.07, 6.45) is 0. The van der Waals surface area contributed by atoms with Gasteiger partial charge < -0.3 is 0 Å². The van der Waals surface area contributed by atoms with Crippen LogP contribution in [-0.4, -0.2) is 14.5 Å². The third-order valence-electron chi connectivity index (χ3n) is 10.8. The van der Waals surface area contributed by atoms with Crippen molar-refractivity contribution in [3.63, 3.8) is 0 Å². The van der Waals surface area contributed by atoms with E-state index in [-0.39, 0.29) is 5.41 Å². The van der Waals surface area contributed by atoms with Gasteiger partial charge in [0.05, 0.1) is 22.2 Å². The van der Waals surface area contributed by atoms with E-state index >= 15 is 0 Å². The highest BCUT2D eigenvalue weighted by atomic mass is 32.1. The van der Waals surface area contributed by atoms with E-state index in [0.717, 1.165) is 33.2 Å². The summed E-state index contributed by atoms with van der Waals surface area (Å²) in [5.41, 5.74) is 10.5. The number of aromatic nitrogens is 3. The average Bonchev–Trinajstić information content (AvgIpc) is 3.77. The van der Waals surface area contributed by atoms with Crippen molar-refractivity contribution in [2.24, 2.45) is 0 Å². The van der Waals surface area contributed by atoms with Crippen molar-refractivity contribution >= 4 is 75.0 Å². The Bertz CT molecular complexity index is 3030. The highest BCUT2D eigenvalue weighted by molar-refractivity contribution is 7.26. The molecule has 0 saturated carbocycles. The Morgan fingerprint density at radius 2 is 1.29 bits per heavy atom. The van der Waals surface area contributed by atoms with E-state index in [9.17, 15) is 0 Å². The van der Waals surface area contributed by atoms with Gasteiger partial charge in [-0.05, 0) is 51.9 Å². The first-order chi connectivity index (χ1) is 24.1. The third-order valence-corrected chi connectivity index (χ3v) is 12.0. The van der Waals surface area contributed by atoms with E-state index in [1.807, 2.05) is 11.3 Å². The molecule has 230 valence electrons. The molecule has 11 rings (SSSR count). The first-order valence-corrected chi connectivity index (χ1v) is 17.7. The van der Waals surface area contributed by atoms with Crippen molar-refractivity contribution < 1.29 is 0 Å². The molecule has 0 N–H and O–H groups in total. The van der Waals surface area contributed by atoms with E-state index in [4.69, 9.17) is 9.97 Å². The van der Waals surface area contributed by atoms with Crippen LogP contribution in [0.4, 0.5) is 0 Å².